The molecule has 1 saturated carbocycles. The Kier molecular flexibility index (Phi) is 3.26. The summed E-state index contributed by atoms with van der Waals surface area (Å²) in [5.41, 5.74) is -0.396. The number of nitrogens with zero attached hydrogens (tertiary/aromatic N) is 4. The molecule has 0 aromatic carbocycles. The maximum absolute atomic E-state index is 11.0. The van der Waals surface area contributed by atoms with Crippen LogP contribution >= 0.6 is 0 Å². The summed E-state index contributed by atoms with van der Waals surface area (Å²) in [4.78, 5) is 11.0. The zero-order valence-corrected chi connectivity index (χ0v) is 9.89. The molecule has 1 heterocycles. The summed E-state index contributed by atoms with van der Waals surface area (Å²) in [5.74, 6) is -0.248. The van der Waals surface area contributed by atoms with Gasteiger partial charge >= 0.3 is 5.97 Å². The van der Waals surface area contributed by atoms with E-state index in [0.29, 0.717) is 5.95 Å². The van der Waals surface area contributed by atoms with Crippen molar-refractivity contribution in [1.82, 2.24) is 20.2 Å². The molecule has 1 aromatic heterocycles. The zero-order chi connectivity index (χ0) is 12.3. The fourth-order valence-electron chi connectivity index (χ4n) is 2.44. The predicted molar refractivity (Wildman–Crippen MR) is 60.5 cm³/mol. The lowest BCUT2D eigenvalue weighted by Gasteiger charge is -2.36. The number of aromatic nitrogens is 4. The van der Waals surface area contributed by atoms with Crippen molar-refractivity contribution in [2.75, 3.05) is 5.32 Å². The molecule has 1 aromatic rings. The molecule has 17 heavy (non-hydrogen) atoms. The lowest BCUT2D eigenvalue weighted by atomic mass is 9.79. The summed E-state index contributed by atoms with van der Waals surface area (Å²) in [7, 11) is 1.74. The minimum atomic E-state index is -0.783. The lowest BCUT2D eigenvalue weighted by Crippen LogP contribution is -2.43. The molecule has 1 fully saturated rings. The van der Waals surface area contributed by atoms with Gasteiger partial charge < -0.3 is 10.4 Å². The van der Waals surface area contributed by atoms with E-state index in [4.69, 9.17) is 5.11 Å². The highest BCUT2D eigenvalue weighted by Gasteiger charge is 2.35. The van der Waals surface area contributed by atoms with Crippen molar-refractivity contribution in [3.63, 3.8) is 0 Å². The van der Waals surface area contributed by atoms with Crippen molar-refractivity contribution in [3.05, 3.63) is 0 Å². The average Bonchev–Trinajstić information content (AvgIpc) is 2.64. The molecule has 0 aliphatic heterocycles. The number of carboxylic acids is 1. The average molecular weight is 239 g/mol. The summed E-state index contributed by atoms with van der Waals surface area (Å²) >= 11 is 0. The summed E-state index contributed by atoms with van der Waals surface area (Å²) in [6, 6.07) is 0. The fraction of sp³-hybridized carbons (Fsp3) is 0.800. The van der Waals surface area contributed by atoms with Gasteiger partial charge in [0.15, 0.2) is 0 Å². The maximum atomic E-state index is 11.0. The van der Waals surface area contributed by atoms with Crippen LogP contribution in [0.5, 0.6) is 0 Å². The molecule has 0 bridgehead atoms. The maximum Gasteiger partial charge on any atom is 0.305 e. The van der Waals surface area contributed by atoms with Gasteiger partial charge in [0.1, 0.15) is 0 Å². The molecule has 94 valence electrons. The quantitative estimate of drug-likeness (QED) is 0.807. The van der Waals surface area contributed by atoms with Gasteiger partial charge in [-0.1, -0.05) is 24.4 Å². The SMILES string of the molecule is Cn1nnnc1NC1(CC(=O)O)CCCCC1. The van der Waals surface area contributed by atoms with Crippen LogP contribution in [0.4, 0.5) is 5.95 Å². The number of nitrogens with one attached hydrogen (secondary N) is 1. The van der Waals surface area contributed by atoms with Crippen molar-refractivity contribution >= 4 is 11.9 Å². The van der Waals surface area contributed by atoms with E-state index >= 15 is 0 Å². The van der Waals surface area contributed by atoms with Crippen LogP contribution in [-0.2, 0) is 11.8 Å². The minimum absolute atomic E-state index is 0.111. The normalized spacial score (nSPS) is 18.9. The van der Waals surface area contributed by atoms with Gasteiger partial charge in [-0.2, -0.15) is 0 Å². The van der Waals surface area contributed by atoms with E-state index in [9.17, 15) is 4.79 Å². The molecule has 0 saturated heterocycles. The van der Waals surface area contributed by atoms with E-state index in [1.54, 1.807) is 7.05 Å². The first-order chi connectivity index (χ1) is 8.11. The summed E-state index contributed by atoms with van der Waals surface area (Å²) in [5, 5.41) is 23.4. The molecular formula is C10H17N5O2. The molecule has 0 atom stereocenters. The zero-order valence-electron chi connectivity index (χ0n) is 9.89. The van der Waals surface area contributed by atoms with E-state index < -0.39 is 11.5 Å². The van der Waals surface area contributed by atoms with E-state index in [0.717, 1.165) is 25.7 Å². The number of hydrogen-bond acceptors (Lipinski definition) is 5. The van der Waals surface area contributed by atoms with E-state index in [1.165, 1.54) is 11.1 Å². The Bertz CT molecular complexity index is 397. The summed E-state index contributed by atoms with van der Waals surface area (Å²) < 4.78 is 1.53. The number of rotatable bonds is 4. The van der Waals surface area contributed by atoms with Crippen molar-refractivity contribution in [2.45, 2.75) is 44.1 Å². The second-order valence-corrected chi connectivity index (χ2v) is 4.66. The van der Waals surface area contributed by atoms with Gasteiger partial charge in [-0.25, -0.2) is 4.68 Å². The topological polar surface area (TPSA) is 92.9 Å². The van der Waals surface area contributed by atoms with Crippen molar-refractivity contribution in [3.8, 4) is 0 Å². The number of anilines is 1. The second kappa shape index (κ2) is 4.68. The van der Waals surface area contributed by atoms with E-state index in [2.05, 4.69) is 20.8 Å². The van der Waals surface area contributed by atoms with Crippen LogP contribution in [0.25, 0.3) is 0 Å². The largest absolute Gasteiger partial charge is 0.481 e. The molecule has 1 aliphatic carbocycles. The van der Waals surface area contributed by atoms with Crippen LogP contribution in [0, 0.1) is 0 Å². The number of hydrogen-bond donors (Lipinski definition) is 2. The second-order valence-electron chi connectivity index (χ2n) is 4.66. The smallest absolute Gasteiger partial charge is 0.305 e. The molecule has 2 rings (SSSR count). The highest BCUT2D eigenvalue weighted by molar-refractivity contribution is 5.69. The Morgan fingerprint density at radius 2 is 2.18 bits per heavy atom. The first kappa shape index (κ1) is 11.8. The van der Waals surface area contributed by atoms with Crippen LogP contribution in [0.15, 0.2) is 0 Å². The predicted octanol–water partition coefficient (Wildman–Crippen LogP) is 0.800. The van der Waals surface area contributed by atoms with Crippen molar-refractivity contribution < 1.29 is 9.90 Å². The number of carboxylic acid groups (broad SMARTS) is 1. The van der Waals surface area contributed by atoms with Gasteiger partial charge in [0.05, 0.1) is 12.0 Å². The molecule has 2 N–H and O–H groups in total. The van der Waals surface area contributed by atoms with Crippen LogP contribution in [0.3, 0.4) is 0 Å². The molecule has 0 unspecified atom stereocenters. The summed E-state index contributed by atoms with van der Waals surface area (Å²) in [6.45, 7) is 0. The number of carbonyl (C=O) groups is 1. The third kappa shape index (κ3) is 2.72. The third-order valence-corrected chi connectivity index (χ3v) is 3.30. The Labute approximate surface area is 99.2 Å². The minimum Gasteiger partial charge on any atom is -0.481 e. The van der Waals surface area contributed by atoms with Crippen LogP contribution in [-0.4, -0.2) is 36.8 Å². The Balaban J connectivity index is 2.15. The molecule has 0 amide bonds. The molecule has 7 nitrogen and oxygen atoms in total. The van der Waals surface area contributed by atoms with Gasteiger partial charge in [0.2, 0.25) is 5.95 Å². The number of tetrazole rings is 1. The molecule has 1 aliphatic rings. The standard InChI is InChI=1S/C10H17N5O2/c1-15-9(12-13-14-15)11-10(7-8(16)17)5-3-2-4-6-10/h2-7H2,1H3,(H,16,17)(H,11,12,14). The third-order valence-electron chi connectivity index (χ3n) is 3.30. The fourth-order valence-corrected chi connectivity index (χ4v) is 2.44. The van der Waals surface area contributed by atoms with Gasteiger partial charge in [0.25, 0.3) is 0 Å². The van der Waals surface area contributed by atoms with Gasteiger partial charge in [-0.15, -0.1) is 0 Å². The molecular weight excluding hydrogens is 222 g/mol. The molecule has 0 spiro atoms. The Hall–Kier alpha value is -1.66. The van der Waals surface area contributed by atoms with Gasteiger partial charge in [0, 0.05) is 7.05 Å². The monoisotopic (exact) mass is 239 g/mol. The first-order valence-electron chi connectivity index (χ1n) is 5.84. The summed E-state index contributed by atoms with van der Waals surface area (Å²) in [6.07, 6.45) is 5.08. The molecule has 0 radical (unpaired) electrons. The highest BCUT2D eigenvalue weighted by atomic mass is 16.4. The Morgan fingerprint density at radius 3 is 2.71 bits per heavy atom. The van der Waals surface area contributed by atoms with Crippen LogP contribution in [0.1, 0.15) is 38.5 Å². The van der Waals surface area contributed by atoms with Crippen LogP contribution in [0.2, 0.25) is 0 Å². The first-order valence-corrected chi connectivity index (χ1v) is 5.84. The van der Waals surface area contributed by atoms with Gasteiger partial charge in [-0.05, 0) is 23.3 Å². The van der Waals surface area contributed by atoms with Crippen molar-refractivity contribution in [2.24, 2.45) is 7.05 Å². The van der Waals surface area contributed by atoms with Crippen LogP contribution < -0.4 is 5.32 Å². The lowest BCUT2D eigenvalue weighted by molar-refractivity contribution is -0.138. The Morgan fingerprint density at radius 1 is 1.47 bits per heavy atom. The van der Waals surface area contributed by atoms with Crippen molar-refractivity contribution in [1.29, 1.82) is 0 Å². The van der Waals surface area contributed by atoms with Gasteiger partial charge in [-0.3, -0.25) is 4.79 Å². The van der Waals surface area contributed by atoms with E-state index in [1.807, 2.05) is 0 Å². The highest BCUT2D eigenvalue weighted by Crippen LogP contribution is 2.33. The molecule has 7 heteroatoms. The number of aryl methyl sites for hydroxylation is 1. The number of aliphatic carboxylic acids is 1. The van der Waals surface area contributed by atoms with E-state index in [-0.39, 0.29) is 6.42 Å².